The summed E-state index contributed by atoms with van der Waals surface area (Å²) in [6.45, 7) is 10.4. The zero-order valence-electron chi connectivity index (χ0n) is 66.7. The lowest BCUT2D eigenvalue weighted by molar-refractivity contribution is -0.386. The molecule has 0 aliphatic carbocycles. The standard InChI is InChI=1S/C25H23ClN6O5.C25H22ClN3O4.C18H21N3O4.C9H12N2O2.C7H3Cl2N3O/c1-15-10-17(11-16(2)23(15)32(35)36)14-31(22(25(34)37-3)13-19-6-4-5-9-28-19)24(33)20-8-7-18(26)12-21(20)29-30-27;1-15-9-17(10-16(2)24(15)29(32)33)14-28-22(13-20-5-3-4-8-27-20)23(30)12-18-11-19(26)6-7-21(18)25(28)31;1-12-8-14(9-13(2)17(12)21(23)24)11-20-16(18(22)25-3)10-15-6-4-5-7-19-15;1-13-9(12)8(10)6-7-4-2-3-5-11-7;8-4-1-2-5(7(9)13)6(3-4)11-12-10/h4-12,22H,13-14H2,1-3H3;3-11,22H,12-14H2,1-2H3;4-9,16,20H,10-11H2,1-3H3;2-5,8H,6,10H2,1H3;1-3H/t2*22-;16-;8-;/m1111./s1. The number of amides is 2. The number of nitro benzene ring substituents is 3. The molecule has 121 heavy (non-hydrogen) atoms. The predicted octanol–water partition coefficient (Wildman–Crippen LogP) is 16.5. The summed E-state index contributed by atoms with van der Waals surface area (Å²) in [5.74, 6) is -2.48. The number of Topliss-reactive ketones (excluding diaryl/α,β-unsaturated/α-hetero) is 1. The average molecular weight is 1730 g/mol. The number of esters is 3. The van der Waals surface area contributed by atoms with Gasteiger partial charge in [-0.3, -0.25) is 84.4 Å². The van der Waals surface area contributed by atoms with Crippen molar-refractivity contribution in [3.63, 3.8) is 0 Å². The van der Waals surface area contributed by atoms with Crippen LogP contribution in [0.3, 0.4) is 0 Å². The van der Waals surface area contributed by atoms with E-state index in [1.807, 2.05) is 48.5 Å². The van der Waals surface area contributed by atoms with Crippen LogP contribution in [0.1, 0.15) is 109 Å². The van der Waals surface area contributed by atoms with Gasteiger partial charge in [-0.05, 0) is 226 Å². The van der Waals surface area contributed by atoms with Gasteiger partial charge in [0.1, 0.15) is 18.1 Å². The second kappa shape index (κ2) is 46.0. The van der Waals surface area contributed by atoms with Crippen LogP contribution in [0.2, 0.25) is 15.1 Å². The fourth-order valence-corrected chi connectivity index (χ4v) is 13.8. The topological polar surface area (TPSA) is 470 Å². The highest BCUT2D eigenvalue weighted by molar-refractivity contribution is 6.68. The Labute approximate surface area is 713 Å². The second-order valence-corrected chi connectivity index (χ2v) is 28.7. The molecule has 1 aliphatic heterocycles. The summed E-state index contributed by atoms with van der Waals surface area (Å²) < 4.78 is 14.4. The van der Waals surface area contributed by atoms with E-state index in [9.17, 15) is 63.9 Å². The number of azide groups is 2. The van der Waals surface area contributed by atoms with Gasteiger partial charge in [-0.15, -0.1) is 0 Å². The molecule has 0 spiro atoms. The van der Waals surface area contributed by atoms with Crippen LogP contribution in [0.4, 0.5) is 28.4 Å². The zero-order valence-corrected chi connectivity index (χ0v) is 69.7. The number of aromatic nitrogens is 4. The van der Waals surface area contributed by atoms with Gasteiger partial charge in [0.25, 0.3) is 34.1 Å². The largest absolute Gasteiger partial charge is 0.468 e. The number of carbonyl (C=O) groups excluding carboxylic acids is 7. The number of benzene rings is 6. The third-order valence-electron chi connectivity index (χ3n) is 18.4. The first kappa shape index (κ1) is 94.7. The lowest BCUT2D eigenvalue weighted by Crippen LogP contribution is -2.46. The molecular formula is C84H81Cl4N17O16. The molecular weight excluding hydrogens is 1640 g/mol. The smallest absolute Gasteiger partial charge is 0.329 e. The molecule has 11 rings (SSSR count). The van der Waals surface area contributed by atoms with Crippen LogP contribution in [-0.2, 0) is 85.1 Å². The third kappa shape index (κ3) is 27.3. The summed E-state index contributed by atoms with van der Waals surface area (Å²) >= 11 is 23.0. The summed E-state index contributed by atoms with van der Waals surface area (Å²) in [6, 6.07) is 42.2. The van der Waals surface area contributed by atoms with Crippen LogP contribution in [0, 0.1) is 71.9 Å². The molecule has 0 unspecified atom stereocenters. The number of methoxy groups -OCH3 is 3. The minimum absolute atomic E-state index is 0.0116. The molecule has 1 aliphatic rings. The predicted molar refractivity (Wildman–Crippen MR) is 452 cm³/mol. The van der Waals surface area contributed by atoms with E-state index in [-0.39, 0.29) is 99.5 Å². The van der Waals surface area contributed by atoms with Gasteiger partial charge >= 0.3 is 17.9 Å². The van der Waals surface area contributed by atoms with E-state index < -0.39 is 57.1 Å². The van der Waals surface area contributed by atoms with Crippen molar-refractivity contribution >= 4 is 116 Å². The van der Waals surface area contributed by atoms with Crippen LogP contribution in [0.15, 0.2) is 199 Å². The first-order valence-electron chi connectivity index (χ1n) is 36.6. The molecule has 0 bridgehead atoms. The minimum Gasteiger partial charge on any atom is -0.468 e. The van der Waals surface area contributed by atoms with E-state index >= 15 is 0 Å². The molecule has 0 radical (unpaired) electrons. The van der Waals surface area contributed by atoms with Gasteiger partial charge in [-0.2, -0.15) is 0 Å². The lowest BCUT2D eigenvalue weighted by atomic mass is 9.99. The van der Waals surface area contributed by atoms with Crippen LogP contribution >= 0.6 is 46.4 Å². The number of hydrogen-bond donors (Lipinski definition) is 2. The summed E-state index contributed by atoms with van der Waals surface area (Å²) in [5.41, 5.74) is 32.2. The van der Waals surface area contributed by atoms with Crippen molar-refractivity contribution in [2.75, 3.05) is 21.3 Å². The van der Waals surface area contributed by atoms with Crippen molar-refractivity contribution in [2.24, 2.45) is 16.0 Å². The number of fused-ring (bicyclic) bond motifs is 1. The Balaban J connectivity index is 0.000000220. The van der Waals surface area contributed by atoms with E-state index in [1.54, 1.807) is 150 Å². The minimum atomic E-state index is -1.11. The Morgan fingerprint density at radius 2 is 0.967 bits per heavy atom. The van der Waals surface area contributed by atoms with E-state index in [2.05, 4.69) is 50.0 Å². The maximum Gasteiger partial charge on any atom is 0.329 e. The first-order chi connectivity index (χ1) is 57.7. The number of nitrogens with zero attached hydrogens (tertiary/aromatic N) is 15. The molecule has 37 heteroatoms. The number of carbonyl (C=O) groups is 7. The SMILES string of the molecule is COC(=O)[C@@H](Cc1ccccn1)N(Cc1cc(C)c([N+](=O)[O-])c(C)c1)C(=O)c1ccc(Cl)cc1N=[N+]=[N-].COC(=O)[C@@H](Cc1ccccn1)NCc1cc(C)c([N+](=O)[O-])c(C)c1.COC(=O)[C@H](N)Cc1ccccn1.Cc1cc(CN2C(=O)c3ccc(Cl)cc3CC(=O)[C@H]2Cc2ccccn2)cc(C)c1[N+](=O)[O-].[N-]=[N+]=Nc1cc(Cl)ccc1C(=O)Cl. The molecule has 0 saturated heterocycles. The molecule has 2 amide bonds. The molecule has 5 heterocycles. The Kier molecular flexibility index (Phi) is 36.0. The lowest BCUT2D eigenvalue weighted by Gasteiger charge is -2.31. The maximum absolute atomic E-state index is 13.9. The van der Waals surface area contributed by atoms with Crippen molar-refractivity contribution in [3.05, 3.63) is 350 Å². The molecule has 0 saturated carbocycles. The van der Waals surface area contributed by atoms with E-state index in [1.165, 1.54) is 62.6 Å². The van der Waals surface area contributed by atoms with Crippen molar-refractivity contribution in [1.29, 1.82) is 0 Å². The quantitative estimate of drug-likeness (QED) is 0.00743. The Morgan fingerprint density at radius 3 is 1.40 bits per heavy atom. The normalized spacial score (nSPS) is 12.5. The maximum atomic E-state index is 13.9. The molecule has 626 valence electrons. The van der Waals surface area contributed by atoms with Crippen molar-refractivity contribution in [2.45, 2.75) is 117 Å². The van der Waals surface area contributed by atoms with E-state index in [4.69, 9.17) is 72.7 Å². The van der Waals surface area contributed by atoms with Gasteiger partial charge < -0.3 is 29.7 Å². The van der Waals surface area contributed by atoms with E-state index in [0.717, 1.165) is 22.5 Å². The average Bonchev–Trinajstić information content (AvgIpc) is 1.37. The molecule has 0 fully saturated rings. The van der Waals surface area contributed by atoms with Crippen molar-refractivity contribution < 1.29 is 62.5 Å². The van der Waals surface area contributed by atoms with Crippen LogP contribution < -0.4 is 11.1 Å². The number of nitro groups is 3. The van der Waals surface area contributed by atoms with Gasteiger partial charge in [0.2, 0.25) is 0 Å². The first-order valence-corrected chi connectivity index (χ1v) is 38.1. The van der Waals surface area contributed by atoms with E-state index in [0.29, 0.717) is 90.9 Å². The molecule has 4 atom stereocenters. The van der Waals surface area contributed by atoms with Crippen LogP contribution in [-0.4, -0.2) is 131 Å². The highest BCUT2D eigenvalue weighted by atomic mass is 35.5. The Morgan fingerprint density at radius 1 is 0.554 bits per heavy atom. The molecule has 33 nitrogen and oxygen atoms in total. The number of ether oxygens (including phenoxy) is 3. The number of pyridine rings is 4. The van der Waals surface area contributed by atoms with Gasteiger partial charge in [-0.25, -0.2) is 4.79 Å². The number of hydrogen-bond acceptors (Lipinski definition) is 24. The Bertz CT molecular complexity index is 5490. The van der Waals surface area contributed by atoms with Gasteiger partial charge in [-0.1, -0.05) is 69.3 Å². The van der Waals surface area contributed by atoms with Gasteiger partial charge in [0.15, 0.2) is 5.78 Å². The Hall–Kier alpha value is -13.5. The highest BCUT2D eigenvalue weighted by Gasteiger charge is 2.38. The number of rotatable bonds is 26. The number of nitrogens with two attached hydrogens (primary N) is 1. The second-order valence-electron chi connectivity index (χ2n) is 27.0. The summed E-state index contributed by atoms with van der Waals surface area (Å²) in [7, 11) is 3.88. The van der Waals surface area contributed by atoms with Crippen molar-refractivity contribution in [3.8, 4) is 0 Å². The van der Waals surface area contributed by atoms with Crippen LogP contribution in [0.5, 0.6) is 0 Å². The number of aryl methyl sites for hydroxylation is 6. The highest BCUT2D eigenvalue weighted by Crippen LogP contribution is 2.34. The van der Waals surface area contributed by atoms with Gasteiger partial charge in [0, 0.05) is 174 Å². The monoisotopic (exact) mass is 1720 g/mol. The van der Waals surface area contributed by atoms with Crippen molar-refractivity contribution in [1.82, 2.24) is 35.1 Å². The van der Waals surface area contributed by atoms with Gasteiger partial charge in [0.05, 0.1) is 53.5 Å². The third-order valence-corrected chi connectivity index (χ3v) is 19.4. The fraction of sp³-hybridized carbons (Fsp3) is 0.250. The molecule has 10 aromatic rings. The molecule has 6 aromatic carbocycles. The molecule has 3 N–H and O–H groups in total. The number of nitrogens with one attached hydrogen (secondary N) is 1. The summed E-state index contributed by atoms with van der Waals surface area (Å²) in [4.78, 5) is 145. The summed E-state index contributed by atoms with van der Waals surface area (Å²) in [5, 5.41) is 44.4. The molecule has 4 aromatic heterocycles. The zero-order chi connectivity index (χ0) is 88.7. The number of halogens is 4. The summed E-state index contributed by atoms with van der Waals surface area (Å²) in [6.07, 6.45) is 7.77. The number of ketones is 1. The fourth-order valence-electron chi connectivity index (χ4n) is 13.1. The van der Waals surface area contributed by atoms with Crippen LogP contribution in [0.25, 0.3) is 20.9 Å².